The molecule has 1 atom stereocenters. The van der Waals surface area contributed by atoms with Crippen molar-refractivity contribution in [2.75, 3.05) is 30.0 Å². The van der Waals surface area contributed by atoms with Crippen molar-refractivity contribution >= 4 is 28.9 Å². The number of nitro benzene ring substituents is 1. The first kappa shape index (κ1) is 19.3. The van der Waals surface area contributed by atoms with Crippen LogP contribution in [0.15, 0.2) is 48.5 Å². The second-order valence-corrected chi connectivity index (χ2v) is 6.51. The van der Waals surface area contributed by atoms with Crippen LogP contribution in [0.5, 0.6) is 5.75 Å². The van der Waals surface area contributed by atoms with E-state index < -0.39 is 10.8 Å². The lowest BCUT2D eigenvalue weighted by atomic mass is 10.1. The van der Waals surface area contributed by atoms with Gasteiger partial charge in [0.2, 0.25) is 11.8 Å². The fourth-order valence-corrected chi connectivity index (χ4v) is 3.23. The highest BCUT2D eigenvalue weighted by molar-refractivity contribution is 6.04. The molecule has 1 aliphatic rings. The second kappa shape index (κ2) is 8.08. The molecule has 0 spiro atoms. The largest absolute Gasteiger partial charge is 0.494 e. The van der Waals surface area contributed by atoms with E-state index in [2.05, 4.69) is 0 Å². The van der Waals surface area contributed by atoms with Gasteiger partial charge in [-0.15, -0.1) is 0 Å². The molecule has 1 aliphatic heterocycles. The normalized spacial score (nSPS) is 16.1. The van der Waals surface area contributed by atoms with Crippen molar-refractivity contribution in [2.45, 2.75) is 13.3 Å². The predicted molar refractivity (Wildman–Crippen MR) is 105 cm³/mol. The van der Waals surface area contributed by atoms with Crippen molar-refractivity contribution in [3.05, 3.63) is 58.6 Å². The van der Waals surface area contributed by atoms with Gasteiger partial charge in [0.15, 0.2) is 0 Å². The molecule has 3 rings (SSSR count). The fraction of sp³-hybridized carbons (Fsp3) is 0.300. The van der Waals surface area contributed by atoms with Crippen molar-refractivity contribution < 1.29 is 19.2 Å². The van der Waals surface area contributed by atoms with Gasteiger partial charge in [-0.25, -0.2) is 0 Å². The van der Waals surface area contributed by atoms with Crippen molar-refractivity contribution in [3.8, 4) is 5.75 Å². The summed E-state index contributed by atoms with van der Waals surface area (Å²) < 4.78 is 5.40. The lowest BCUT2D eigenvalue weighted by Gasteiger charge is -2.21. The number of benzene rings is 2. The first-order valence-corrected chi connectivity index (χ1v) is 8.96. The summed E-state index contributed by atoms with van der Waals surface area (Å²) in [6.07, 6.45) is 0.102. The number of anilines is 2. The summed E-state index contributed by atoms with van der Waals surface area (Å²) in [5, 5.41) is 11.0. The van der Waals surface area contributed by atoms with Crippen molar-refractivity contribution in [1.29, 1.82) is 0 Å². The SMILES string of the molecule is CCOc1ccc(N2CC(C(=O)N(C)c3cccc([N+](=O)[O-])c3)CC2=O)cc1. The molecule has 1 saturated heterocycles. The van der Waals surface area contributed by atoms with Crippen LogP contribution in [0.1, 0.15) is 13.3 Å². The fourth-order valence-electron chi connectivity index (χ4n) is 3.23. The third kappa shape index (κ3) is 3.95. The summed E-state index contributed by atoms with van der Waals surface area (Å²) in [7, 11) is 1.56. The molecule has 146 valence electrons. The number of nitrogens with zero attached hydrogens (tertiary/aromatic N) is 3. The van der Waals surface area contributed by atoms with Gasteiger partial charge in [-0.3, -0.25) is 19.7 Å². The molecule has 1 fully saturated rings. The Labute approximate surface area is 162 Å². The molecule has 2 aromatic carbocycles. The van der Waals surface area contributed by atoms with E-state index in [1.54, 1.807) is 42.3 Å². The van der Waals surface area contributed by atoms with Crippen molar-refractivity contribution in [3.63, 3.8) is 0 Å². The van der Waals surface area contributed by atoms with Gasteiger partial charge in [-0.05, 0) is 37.3 Å². The Bertz CT molecular complexity index is 897. The third-order valence-corrected chi connectivity index (χ3v) is 4.69. The Morgan fingerprint density at radius 1 is 1.29 bits per heavy atom. The van der Waals surface area contributed by atoms with E-state index in [0.717, 1.165) is 5.75 Å². The van der Waals surface area contributed by atoms with Gasteiger partial charge in [-0.2, -0.15) is 0 Å². The van der Waals surface area contributed by atoms with Crippen LogP contribution >= 0.6 is 0 Å². The lowest BCUT2D eigenvalue weighted by Crippen LogP contribution is -2.34. The summed E-state index contributed by atoms with van der Waals surface area (Å²) in [6, 6.07) is 13.0. The van der Waals surface area contributed by atoms with E-state index in [9.17, 15) is 19.7 Å². The van der Waals surface area contributed by atoms with E-state index in [0.29, 0.717) is 18.0 Å². The molecule has 8 nitrogen and oxygen atoms in total. The first-order chi connectivity index (χ1) is 13.4. The zero-order chi connectivity index (χ0) is 20.3. The van der Waals surface area contributed by atoms with Crippen LogP contribution in [0.25, 0.3) is 0 Å². The number of carbonyl (C=O) groups is 2. The summed E-state index contributed by atoms with van der Waals surface area (Å²) in [5.41, 5.74) is 1.04. The van der Waals surface area contributed by atoms with Gasteiger partial charge in [0.1, 0.15) is 5.75 Å². The molecule has 0 saturated carbocycles. The van der Waals surface area contributed by atoms with Crippen molar-refractivity contribution in [2.24, 2.45) is 5.92 Å². The van der Waals surface area contributed by atoms with Crippen LogP contribution in [0.2, 0.25) is 0 Å². The van der Waals surface area contributed by atoms with Crippen LogP contribution in [0, 0.1) is 16.0 Å². The monoisotopic (exact) mass is 383 g/mol. The number of non-ortho nitro benzene ring substituents is 1. The maximum Gasteiger partial charge on any atom is 0.271 e. The summed E-state index contributed by atoms with van der Waals surface area (Å²) >= 11 is 0. The molecule has 2 aromatic rings. The Morgan fingerprint density at radius 2 is 2.00 bits per heavy atom. The third-order valence-electron chi connectivity index (χ3n) is 4.69. The Balaban J connectivity index is 1.72. The quantitative estimate of drug-likeness (QED) is 0.565. The van der Waals surface area contributed by atoms with Crippen LogP contribution < -0.4 is 14.5 Å². The Hall–Kier alpha value is -3.42. The highest BCUT2D eigenvalue weighted by Gasteiger charge is 2.37. The second-order valence-electron chi connectivity index (χ2n) is 6.51. The number of ether oxygens (including phenoxy) is 1. The molecule has 0 N–H and O–H groups in total. The van der Waals surface area contributed by atoms with Gasteiger partial charge >= 0.3 is 0 Å². The average molecular weight is 383 g/mol. The molecular formula is C20H21N3O5. The molecule has 0 bridgehead atoms. The van der Waals surface area contributed by atoms with E-state index in [4.69, 9.17) is 4.74 Å². The van der Waals surface area contributed by atoms with Gasteiger partial charge < -0.3 is 14.5 Å². The van der Waals surface area contributed by atoms with Crippen LogP contribution in [0.3, 0.4) is 0 Å². The van der Waals surface area contributed by atoms with Crippen molar-refractivity contribution in [1.82, 2.24) is 0 Å². The van der Waals surface area contributed by atoms with Gasteiger partial charge in [0.25, 0.3) is 5.69 Å². The van der Waals surface area contributed by atoms with E-state index in [-0.39, 0.29) is 30.5 Å². The molecule has 1 unspecified atom stereocenters. The smallest absolute Gasteiger partial charge is 0.271 e. The standard InChI is InChI=1S/C20H21N3O5/c1-3-28-18-9-7-15(8-10-18)22-13-14(11-19(22)24)20(25)21(2)16-5-4-6-17(12-16)23(26)27/h4-10,12,14H,3,11,13H2,1-2H3. The zero-order valence-electron chi connectivity index (χ0n) is 15.7. The average Bonchev–Trinajstić information content (AvgIpc) is 3.09. The maximum atomic E-state index is 12.8. The first-order valence-electron chi connectivity index (χ1n) is 8.96. The Kier molecular flexibility index (Phi) is 5.58. The minimum Gasteiger partial charge on any atom is -0.494 e. The molecule has 8 heteroatoms. The van der Waals surface area contributed by atoms with Gasteiger partial charge in [0.05, 0.1) is 23.1 Å². The lowest BCUT2D eigenvalue weighted by molar-refractivity contribution is -0.384. The van der Waals surface area contributed by atoms with E-state index in [1.807, 2.05) is 6.92 Å². The number of amides is 2. The van der Waals surface area contributed by atoms with E-state index >= 15 is 0 Å². The van der Waals surface area contributed by atoms with Crippen LogP contribution in [0.4, 0.5) is 17.1 Å². The number of rotatable bonds is 6. The molecule has 0 radical (unpaired) electrons. The van der Waals surface area contributed by atoms with Crippen LogP contribution in [-0.4, -0.2) is 36.9 Å². The highest BCUT2D eigenvalue weighted by Crippen LogP contribution is 2.29. The summed E-state index contributed by atoms with van der Waals surface area (Å²) in [4.78, 5) is 38.7. The molecule has 2 amide bonds. The molecule has 28 heavy (non-hydrogen) atoms. The highest BCUT2D eigenvalue weighted by atomic mass is 16.6. The van der Waals surface area contributed by atoms with Gasteiger partial charge in [-0.1, -0.05) is 6.07 Å². The topological polar surface area (TPSA) is 93.0 Å². The molecule has 1 heterocycles. The molecule has 0 aromatic heterocycles. The number of hydrogen-bond donors (Lipinski definition) is 0. The van der Waals surface area contributed by atoms with E-state index in [1.165, 1.54) is 23.1 Å². The summed E-state index contributed by atoms with van der Waals surface area (Å²) in [6.45, 7) is 2.72. The van der Waals surface area contributed by atoms with Crippen LogP contribution in [-0.2, 0) is 9.59 Å². The Morgan fingerprint density at radius 3 is 2.64 bits per heavy atom. The minimum atomic E-state index is -0.511. The minimum absolute atomic E-state index is 0.0873. The maximum absolute atomic E-state index is 12.8. The predicted octanol–water partition coefficient (Wildman–Crippen LogP) is 3.01. The molecule has 0 aliphatic carbocycles. The van der Waals surface area contributed by atoms with Gasteiger partial charge in [0, 0.05) is 37.8 Å². The number of hydrogen-bond acceptors (Lipinski definition) is 5. The number of nitro groups is 1. The summed E-state index contributed by atoms with van der Waals surface area (Å²) in [5.74, 6) is -0.170. The zero-order valence-corrected chi connectivity index (χ0v) is 15.7. The molecular weight excluding hydrogens is 362 g/mol. The number of carbonyl (C=O) groups excluding carboxylic acids is 2.